The lowest BCUT2D eigenvalue weighted by Gasteiger charge is -2.22. The molecule has 1 atom stereocenters. The molecule has 0 unspecified atom stereocenters. The Hall–Kier alpha value is -1.87. The summed E-state index contributed by atoms with van der Waals surface area (Å²) in [6.45, 7) is 2.86. The maximum Gasteiger partial charge on any atom is 0.122 e. The summed E-state index contributed by atoms with van der Waals surface area (Å²) in [5, 5.41) is 0. The third kappa shape index (κ3) is 3.82. The number of nitrogens with zero attached hydrogens (tertiary/aromatic N) is 2. The van der Waals surface area contributed by atoms with Gasteiger partial charge in [0.2, 0.25) is 0 Å². The molecule has 21 heavy (non-hydrogen) atoms. The first-order valence-electron chi connectivity index (χ1n) is 7.59. The van der Waals surface area contributed by atoms with Gasteiger partial charge < -0.3 is 9.64 Å². The van der Waals surface area contributed by atoms with Crippen molar-refractivity contribution in [1.82, 2.24) is 9.88 Å². The zero-order valence-electron chi connectivity index (χ0n) is 12.5. The van der Waals surface area contributed by atoms with E-state index in [-0.39, 0.29) is 0 Å². The Morgan fingerprint density at radius 3 is 3.00 bits per heavy atom. The van der Waals surface area contributed by atoms with Gasteiger partial charge in [-0.25, -0.2) is 0 Å². The van der Waals surface area contributed by atoms with Crippen LogP contribution in [-0.2, 0) is 13.0 Å². The lowest BCUT2D eigenvalue weighted by molar-refractivity contribution is 0.235. The van der Waals surface area contributed by atoms with Crippen LogP contribution in [0, 0.1) is 5.92 Å². The summed E-state index contributed by atoms with van der Waals surface area (Å²) in [6.07, 6.45) is 5.99. The second kappa shape index (κ2) is 6.72. The molecule has 0 aliphatic carbocycles. The Labute approximate surface area is 126 Å². The van der Waals surface area contributed by atoms with Crippen molar-refractivity contribution in [2.45, 2.75) is 19.4 Å². The third-order valence-corrected chi connectivity index (χ3v) is 4.01. The van der Waals surface area contributed by atoms with E-state index >= 15 is 0 Å². The van der Waals surface area contributed by atoms with Gasteiger partial charge in [-0.05, 0) is 49.1 Å². The summed E-state index contributed by atoms with van der Waals surface area (Å²) in [4.78, 5) is 6.57. The summed E-state index contributed by atoms with van der Waals surface area (Å²) in [5.74, 6) is 1.71. The maximum absolute atomic E-state index is 5.85. The van der Waals surface area contributed by atoms with E-state index in [1.165, 1.54) is 11.1 Å². The average molecular weight is 282 g/mol. The number of ether oxygens (including phenoxy) is 1. The average Bonchev–Trinajstić information content (AvgIpc) is 2.69. The van der Waals surface area contributed by atoms with Gasteiger partial charge in [0.1, 0.15) is 5.75 Å². The number of para-hydroxylation sites is 1. The van der Waals surface area contributed by atoms with Crippen LogP contribution in [0.15, 0.2) is 48.8 Å². The fraction of sp³-hybridized carbons (Fsp3) is 0.389. The van der Waals surface area contributed by atoms with Crippen LogP contribution >= 0.6 is 0 Å². The molecule has 3 rings (SSSR count). The van der Waals surface area contributed by atoms with Crippen LogP contribution in [-0.4, -0.2) is 30.1 Å². The highest BCUT2D eigenvalue weighted by Crippen LogP contribution is 2.27. The second-order valence-electron chi connectivity index (χ2n) is 5.87. The summed E-state index contributed by atoms with van der Waals surface area (Å²) in [6, 6.07) is 12.6. The van der Waals surface area contributed by atoms with Crippen LogP contribution in [0.3, 0.4) is 0 Å². The van der Waals surface area contributed by atoms with Crippen molar-refractivity contribution in [1.29, 1.82) is 0 Å². The Morgan fingerprint density at radius 2 is 2.14 bits per heavy atom. The van der Waals surface area contributed by atoms with Gasteiger partial charge in [-0.15, -0.1) is 0 Å². The quantitative estimate of drug-likeness (QED) is 0.861. The molecule has 0 saturated carbocycles. The van der Waals surface area contributed by atoms with E-state index < -0.39 is 0 Å². The highest BCUT2D eigenvalue weighted by Gasteiger charge is 2.18. The SMILES string of the molecule is CN(Cc1cccnc1)C[C@H]1CCOc2ccccc2C1. The number of pyridine rings is 1. The number of aromatic nitrogens is 1. The molecule has 2 heterocycles. The van der Waals surface area contributed by atoms with Gasteiger partial charge >= 0.3 is 0 Å². The first-order chi connectivity index (χ1) is 10.3. The first-order valence-corrected chi connectivity index (χ1v) is 7.59. The molecule has 1 aromatic heterocycles. The lowest BCUT2D eigenvalue weighted by atomic mass is 9.96. The standard InChI is InChI=1S/C18H22N2O/c1-20(14-16-5-4-9-19-12-16)13-15-8-10-21-18-7-3-2-6-17(18)11-15/h2-7,9,12,15H,8,10-11,13-14H2,1H3/t15-/m0/s1. The molecule has 0 saturated heterocycles. The Kier molecular flexibility index (Phi) is 4.51. The summed E-state index contributed by atoms with van der Waals surface area (Å²) >= 11 is 0. The van der Waals surface area contributed by atoms with Crippen LogP contribution < -0.4 is 4.74 Å². The molecule has 0 amide bonds. The van der Waals surface area contributed by atoms with Crippen molar-refractivity contribution >= 4 is 0 Å². The predicted molar refractivity (Wildman–Crippen MR) is 84.3 cm³/mol. The maximum atomic E-state index is 5.85. The van der Waals surface area contributed by atoms with E-state index in [9.17, 15) is 0 Å². The minimum Gasteiger partial charge on any atom is -0.493 e. The molecule has 2 aromatic rings. The van der Waals surface area contributed by atoms with E-state index in [0.29, 0.717) is 5.92 Å². The van der Waals surface area contributed by atoms with E-state index in [0.717, 1.165) is 38.3 Å². The van der Waals surface area contributed by atoms with Gasteiger partial charge in [-0.2, -0.15) is 0 Å². The van der Waals surface area contributed by atoms with Crippen LogP contribution in [0.4, 0.5) is 0 Å². The summed E-state index contributed by atoms with van der Waals surface area (Å²) < 4.78 is 5.85. The Balaban J connectivity index is 1.60. The van der Waals surface area contributed by atoms with Gasteiger partial charge in [0.15, 0.2) is 0 Å². The number of hydrogen-bond donors (Lipinski definition) is 0. The van der Waals surface area contributed by atoms with Crippen molar-refractivity contribution in [3.8, 4) is 5.75 Å². The number of benzene rings is 1. The fourth-order valence-corrected chi connectivity index (χ4v) is 3.03. The number of fused-ring (bicyclic) bond motifs is 1. The molecule has 0 fully saturated rings. The van der Waals surface area contributed by atoms with Crippen molar-refractivity contribution < 1.29 is 4.74 Å². The van der Waals surface area contributed by atoms with E-state index in [1.807, 2.05) is 24.5 Å². The number of rotatable bonds is 4. The smallest absolute Gasteiger partial charge is 0.122 e. The van der Waals surface area contributed by atoms with Crippen molar-refractivity contribution in [3.05, 3.63) is 59.9 Å². The van der Waals surface area contributed by atoms with Gasteiger partial charge in [0.05, 0.1) is 6.61 Å². The second-order valence-corrected chi connectivity index (χ2v) is 5.87. The van der Waals surface area contributed by atoms with E-state index in [2.05, 4.69) is 41.2 Å². The monoisotopic (exact) mass is 282 g/mol. The van der Waals surface area contributed by atoms with Crippen molar-refractivity contribution in [2.75, 3.05) is 20.2 Å². The molecule has 110 valence electrons. The zero-order valence-corrected chi connectivity index (χ0v) is 12.5. The van der Waals surface area contributed by atoms with E-state index in [4.69, 9.17) is 4.74 Å². The topological polar surface area (TPSA) is 25.4 Å². The molecule has 0 N–H and O–H groups in total. The zero-order chi connectivity index (χ0) is 14.5. The molecule has 0 spiro atoms. The number of hydrogen-bond acceptors (Lipinski definition) is 3. The minimum absolute atomic E-state index is 0.648. The van der Waals surface area contributed by atoms with Gasteiger partial charge in [-0.1, -0.05) is 24.3 Å². The molecule has 0 radical (unpaired) electrons. The van der Waals surface area contributed by atoms with Crippen molar-refractivity contribution in [3.63, 3.8) is 0 Å². The fourth-order valence-electron chi connectivity index (χ4n) is 3.03. The lowest BCUT2D eigenvalue weighted by Crippen LogP contribution is -2.27. The van der Waals surface area contributed by atoms with Crippen LogP contribution in [0.1, 0.15) is 17.5 Å². The van der Waals surface area contributed by atoms with Crippen LogP contribution in [0.2, 0.25) is 0 Å². The molecule has 1 aliphatic rings. The largest absolute Gasteiger partial charge is 0.493 e. The van der Waals surface area contributed by atoms with Gasteiger partial charge in [-0.3, -0.25) is 4.98 Å². The molecular formula is C18H22N2O. The molecular weight excluding hydrogens is 260 g/mol. The normalized spacial score (nSPS) is 17.9. The molecule has 0 bridgehead atoms. The molecule has 3 nitrogen and oxygen atoms in total. The van der Waals surface area contributed by atoms with Gasteiger partial charge in [0.25, 0.3) is 0 Å². The highest BCUT2D eigenvalue weighted by molar-refractivity contribution is 5.34. The van der Waals surface area contributed by atoms with Gasteiger partial charge in [0, 0.05) is 25.5 Å². The third-order valence-electron chi connectivity index (χ3n) is 4.01. The molecule has 1 aromatic carbocycles. The molecule has 1 aliphatic heterocycles. The first kappa shape index (κ1) is 14.1. The van der Waals surface area contributed by atoms with E-state index in [1.54, 1.807) is 0 Å². The Bertz CT molecular complexity index is 570. The summed E-state index contributed by atoms with van der Waals surface area (Å²) in [7, 11) is 2.19. The highest BCUT2D eigenvalue weighted by atomic mass is 16.5. The summed E-state index contributed by atoms with van der Waals surface area (Å²) in [5.41, 5.74) is 2.61. The van der Waals surface area contributed by atoms with Crippen LogP contribution in [0.5, 0.6) is 5.75 Å². The Morgan fingerprint density at radius 1 is 1.24 bits per heavy atom. The van der Waals surface area contributed by atoms with Crippen molar-refractivity contribution in [2.24, 2.45) is 5.92 Å². The molecule has 3 heteroatoms. The predicted octanol–water partition coefficient (Wildman–Crippen LogP) is 3.15. The minimum atomic E-state index is 0.648. The van der Waals surface area contributed by atoms with Crippen LogP contribution in [0.25, 0.3) is 0 Å².